The highest BCUT2D eigenvalue weighted by Gasteiger charge is 2.26. The summed E-state index contributed by atoms with van der Waals surface area (Å²) in [4.78, 5) is 11.7. The van der Waals surface area contributed by atoms with Gasteiger partial charge in [0.1, 0.15) is 0 Å². The zero-order valence-electron chi connectivity index (χ0n) is 26.4. The number of aryl methyl sites for hydroxylation is 1. The van der Waals surface area contributed by atoms with Crippen LogP contribution in [-0.4, -0.2) is 14.5 Å². The number of fused-ring (bicyclic) bond motifs is 13. The number of rotatable bonds is 3. The molecule has 11 rings (SSSR count). The van der Waals surface area contributed by atoms with Gasteiger partial charge in [-0.1, -0.05) is 97.1 Å². The van der Waals surface area contributed by atoms with Crippen molar-refractivity contribution in [1.29, 1.82) is 0 Å². The van der Waals surface area contributed by atoms with E-state index in [9.17, 15) is 0 Å². The summed E-state index contributed by atoms with van der Waals surface area (Å²) in [5.74, 6) is 0.732. The van der Waals surface area contributed by atoms with Gasteiger partial charge < -0.3 is 4.57 Å². The van der Waals surface area contributed by atoms with Crippen LogP contribution in [0.25, 0.3) is 97.4 Å². The molecular weight excluding hydrogens is 635 g/mol. The maximum Gasteiger partial charge on any atom is 0.160 e. The predicted octanol–water partition coefficient (Wildman–Crippen LogP) is 12.6. The molecule has 0 unspecified atom stereocenters. The van der Waals surface area contributed by atoms with Crippen molar-refractivity contribution in [3.05, 3.63) is 144 Å². The van der Waals surface area contributed by atoms with Gasteiger partial charge in [-0.15, -0.1) is 22.7 Å². The van der Waals surface area contributed by atoms with E-state index in [4.69, 9.17) is 9.97 Å². The summed E-state index contributed by atoms with van der Waals surface area (Å²) in [5.41, 5.74) is 9.06. The molecule has 0 radical (unpaired) electrons. The van der Waals surface area contributed by atoms with Crippen molar-refractivity contribution in [2.45, 2.75) is 12.8 Å². The molecule has 4 aromatic heterocycles. The second-order valence-corrected chi connectivity index (χ2v) is 14.9. The summed E-state index contributed by atoms with van der Waals surface area (Å²) in [5, 5.41) is 7.82. The molecular formula is C44H27N3S2. The summed E-state index contributed by atoms with van der Waals surface area (Å²) in [6.07, 6.45) is 6.96. The summed E-state index contributed by atoms with van der Waals surface area (Å²) < 4.78 is 6.67. The Kier molecular flexibility index (Phi) is 5.82. The fourth-order valence-corrected chi connectivity index (χ4v) is 10.6. The Morgan fingerprint density at radius 1 is 0.571 bits per heavy atom. The summed E-state index contributed by atoms with van der Waals surface area (Å²) in [6.45, 7) is 0. The van der Waals surface area contributed by atoms with Gasteiger partial charge in [0.25, 0.3) is 0 Å². The quantitative estimate of drug-likeness (QED) is 0.189. The van der Waals surface area contributed by atoms with Crippen molar-refractivity contribution < 1.29 is 0 Å². The van der Waals surface area contributed by atoms with Gasteiger partial charge in [-0.3, -0.25) is 0 Å². The van der Waals surface area contributed by atoms with Crippen LogP contribution in [0.1, 0.15) is 16.9 Å². The van der Waals surface area contributed by atoms with Crippen molar-refractivity contribution in [3.63, 3.8) is 0 Å². The molecule has 4 heterocycles. The molecule has 0 N–H and O–H groups in total. The van der Waals surface area contributed by atoms with E-state index < -0.39 is 0 Å². The molecule has 0 bridgehead atoms. The third kappa shape index (κ3) is 3.94. The molecule has 0 atom stereocenters. The molecule has 1 aliphatic rings. The molecule has 1 aliphatic carbocycles. The van der Waals surface area contributed by atoms with Crippen LogP contribution in [0.3, 0.4) is 0 Å². The number of allylic oxidation sites excluding steroid dienone is 1. The van der Waals surface area contributed by atoms with Gasteiger partial charge in [0, 0.05) is 58.7 Å². The number of para-hydroxylation sites is 2. The van der Waals surface area contributed by atoms with Gasteiger partial charge in [0.2, 0.25) is 0 Å². The third-order valence-electron chi connectivity index (χ3n) is 10.0. The Morgan fingerprint density at radius 3 is 2.18 bits per heavy atom. The van der Waals surface area contributed by atoms with Gasteiger partial charge in [-0.05, 0) is 60.9 Å². The van der Waals surface area contributed by atoms with Crippen LogP contribution >= 0.6 is 22.7 Å². The molecule has 0 amide bonds. The summed E-state index contributed by atoms with van der Waals surface area (Å²) in [7, 11) is 0. The minimum atomic E-state index is 0.732. The minimum absolute atomic E-state index is 0.732. The van der Waals surface area contributed by atoms with Crippen molar-refractivity contribution in [2.75, 3.05) is 0 Å². The van der Waals surface area contributed by atoms with Crippen LogP contribution in [-0.2, 0) is 6.42 Å². The molecule has 5 heteroatoms. The van der Waals surface area contributed by atoms with Gasteiger partial charge in [-0.25, -0.2) is 9.97 Å². The number of nitrogens with zero attached hydrogens (tertiary/aromatic N) is 3. The molecule has 3 nitrogen and oxygen atoms in total. The van der Waals surface area contributed by atoms with E-state index in [0.29, 0.717) is 0 Å². The van der Waals surface area contributed by atoms with E-state index in [-0.39, 0.29) is 0 Å². The molecule has 6 aromatic carbocycles. The number of thiophene rings is 2. The minimum Gasteiger partial charge on any atom is -0.309 e. The fraction of sp³-hybridized carbons (Fsp3) is 0.0455. The lowest BCUT2D eigenvalue weighted by Crippen LogP contribution is -1.97. The normalized spacial score (nSPS) is 13.1. The van der Waals surface area contributed by atoms with Crippen molar-refractivity contribution in [2.24, 2.45) is 0 Å². The molecule has 49 heavy (non-hydrogen) atoms. The first kappa shape index (κ1) is 27.3. The van der Waals surface area contributed by atoms with Crippen LogP contribution < -0.4 is 0 Å². The van der Waals surface area contributed by atoms with Crippen molar-refractivity contribution >= 4 is 91.7 Å². The topological polar surface area (TPSA) is 30.7 Å². The highest BCUT2D eigenvalue weighted by Crippen LogP contribution is 2.52. The number of benzene rings is 6. The Hall–Kier alpha value is -5.62. The first-order valence-electron chi connectivity index (χ1n) is 16.7. The average molecular weight is 662 g/mol. The number of aromatic nitrogens is 3. The van der Waals surface area contributed by atoms with E-state index in [2.05, 4.69) is 132 Å². The zero-order chi connectivity index (χ0) is 32.1. The molecule has 0 saturated heterocycles. The Labute approximate surface area is 290 Å². The molecule has 10 aromatic rings. The second-order valence-electron chi connectivity index (χ2n) is 12.8. The molecule has 0 fully saturated rings. The van der Waals surface area contributed by atoms with Crippen LogP contribution in [0, 0.1) is 0 Å². The Morgan fingerprint density at radius 2 is 1.31 bits per heavy atom. The number of hydrogen-bond acceptors (Lipinski definition) is 4. The Bertz CT molecular complexity index is 2980. The van der Waals surface area contributed by atoms with E-state index in [0.717, 1.165) is 52.1 Å². The standard InChI is InChI=1S/C44H27N3S2/c1-2-12-26(13-3-1)40-29-14-4-8-18-33(29)45-44(46-40)27-22-24-28(25-23-27)47-34-19-9-5-15-30(34)37-38-31-16-6-10-20-35(31)48-42(38)43-39(41(37)47)32-17-7-11-21-36(32)49-43/h1-9,11-19,21-25H,10,20H2. The second kappa shape index (κ2) is 10.4. The predicted molar refractivity (Wildman–Crippen MR) is 210 cm³/mol. The third-order valence-corrected chi connectivity index (χ3v) is 12.6. The monoisotopic (exact) mass is 661 g/mol. The fourth-order valence-electron chi connectivity index (χ4n) is 7.90. The highest BCUT2D eigenvalue weighted by atomic mass is 32.1. The van der Waals surface area contributed by atoms with Crippen LogP contribution in [0.4, 0.5) is 0 Å². The van der Waals surface area contributed by atoms with E-state index in [1.54, 1.807) is 0 Å². The van der Waals surface area contributed by atoms with Crippen molar-refractivity contribution in [3.8, 4) is 28.3 Å². The SMILES string of the molecule is C1=Cc2c(sc3c4sc5ccccc5c4c4c(c5ccccc5n4-c4ccc(-c5nc(-c6ccccc6)c6ccccc6n5)cc4)c23)CC1. The van der Waals surface area contributed by atoms with Gasteiger partial charge in [-0.2, -0.15) is 0 Å². The van der Waals surface area contributed by atoms with E-state index >= 15 is 0 Å². The lowest BCUT2D eigenvalue weighted by atomic mass is 9.97. The lowest BCUT2D eigenvalue weighted by Gasteiger charge is -2.12. The van der Waals surface area contributed by atoms with Crippen molar-refractivity contribution in [1.82, 2.24) is 14.5 Å². The van der Waals surface area contributed by atoms with Gasteiger partial charge in [0.15, 0.2) is 5.82 Å². The lowest BCUT2D eigenvalue weighted by molar-refractivity contribution is 1.02. The van der Waals surface area contributed by atoms with Crippen LogP contribution in [0.5, 0.6) is 0 Å². The number of hydrogen-bond donors (Lipinski definition) is 0. The highest BCUT2D eigenvalue weighted by molar-refractivity contribution is 7.31. The summed E-state index contributed by atoms with van der Waals surface area (Å²) >= 11 is 3.95. The van der Waals surface area contributed by atoms with Crippen LogP contribution in [0.15, 0.2) is 133 Å². The summed E-state index contributed by atoms with van der Waals surface area (Å²) in [6, 6.07) is 45.5. The van der Waals surface area contributed by atoms with E-state index in [1.807, 2.05) is 34.8 Å². The smallest absolute Gasteiger partial charge is 0.160 e. The Balaban J connectivity index is 1.20. The van der Waals surface area contributed by atoms with Crippen LogP contribution in [0.2, 0.25) is 0 Å². The maximum absolute atomic E-state index is 5.15. The average Bonchev–Trinajstić information content (AvgIpc) is 3.85. The largest absolute Gasteiger partial charge is 0.309 e. The zero-order valence-corrected chi connectivity index (χ0v) is 28.0. The molecule has 0 aliphatic heterocycles. The molecule has 230 valence electrons. The first-order chi connectivity index (χ1) is 24.3. The van der Waals surface area contributed by atoms with Gasteiger partial charge in [0.05, 0.1) is 31.6 Å². The van der Waals surface area contributed by atoms with E-state index in [1.165, 1.54) is 62.5 Å². The molecule has 0 spiro atoms. The molecule has 0 saturated carbocycles. The first-order valence-corrected chi connectivity index (χ1v) is 18.4. The van der Waals surface area contributed by atoms with Gasteiger partial charge >= 0.3 is 0 Å². The maximum atomic E-state index is 5.15.